The summed E-state index contributed by atoms with van der Waals surface area (Å²) < 4.78 is 12.3. The zero-order valence-corrected chi connectivity index (χ0v) is 12.1. The summed E-state index contributed by atoms with van der Waals surface area (Å²) in [5, 5.41) is 3.39. The van der Waals surface area contributed by atoms with Crippen molar-refractivity contribution >= 4 is 0 Å². The zero-order valence-electron chi connectivity index (χ0n) is 12.1. The number of ether oxygens (including phenoxy) is 2. The largest absolute Gasteiger partial charge is 0.345 e. The molecule has 1 atom stereocenters. The summed E-state index contributed by atoms with van der Waals surface area (Å²) in [5.74, 6) is 0. The predicted octanol–water partition coefficient (Wildman–Crippen LogP) is 2.78. The van der Waals surface area contributed by atoms with Crippen molar-refractivity contribution in [3.63, 3.8) is 0 Å². The maximum atomic E-state index is 6.32. The van der Waals surface area contributed by atoms with Gasteiger partial charge in [0.2, 0.25) is 0 Å². The maximum Gasteiger partial charge on any atom is 0.185 e. The lowest BCUT2D eigenvalue weighted by atomic mass is 9.93. The predicted molar refractivity (Wildman–Crippen MR) is 75.3 cm³/mol. The molecule has 1 aromatic rings. The van der Waals surface area contributed by atoms with E-state index in [0.717, 1.165) is 32.5 Å². The van der Waals surface area contributed by atoms with E-state index in [1.807, 2.05) is 0 Å². The minimum absolute atomic E-state index is 0.0559. The average molecular weight is 261 g/mol. The lowest BCUT2D eigenvalue weighted by molar-refractivity contribution is -0.101. The molecule has 1 aromatic carbocycles. The minimum Gasteiger partial charge on any atom is -0.345 e. The molecular formula is C16H23NO2. The Morgan fingerprint density at radius 3 is 2.37 bits per heavy atom. The van der Waals surface area contributed by atoms with Crippen LogP contribution in [0.4, 0.5) is 0 Å². The second-order valence-electron chi connectivity index (χ2n) is 6.01. The molecule has 2 heterocycles. The summed E-state index contributed by atoms with van der Waals surface area (Å²) in [7, 11) is 0. The van der Waals surface area contributed by atoms with Gasteiger partial charge in [0.15, 0.2) is 6.29 Å². The van der Waals surface area contributed by atoms with Gasteiger partial charge in [0.05, 0.1) is 12.2 Å². The second kappa shape index (κ2) is 4.89. The highest BCUT2D eigenvalue weighted by Crippen LogP contribution is 2.40. The van der Waals surface area contributed by atoms with Crippen LogP contribution in [0.5, 0.6) is 0 Å². The lowest BCUT2D eigenvalue weighted by Crippen LogP contribution is -2.43. The third-order valence-electron chi connectivity index (χ3n) is 4.34. The fourth-order valence-corrected chi connectivity index (χ4v) is 3.37. The zero-order chi connectivity index (χ0) is 13.5. The van der Waals surface area contributed by atoms with Crippen LogP contribution in [0.15, 0.2) is 12.1 Å². The summed E-state index contributed by atoms with van der Waals surface area (Å²) in [5.41, 5.74) is 5.01. The van der Waals surface area contributed by atoms with Crippen LogP contribution in [0, 0.1) is 20.8 Å². The number of nitrogens with one attached hydrogen (secondary N) is 1. The molecule has 0 radical (unpaired) electrons. The van der Waals surface area contributed by atoms with Gasteiger partial charge in [0.1, 0.15) is 0 Å². The van der Waals surface area contributed by atoms with Gasteiger partial charge in [-0.3, -0.25) is 0 Å². The molecule has 1 spiro atoms. The van der Waals surface area contributed by atoms with Crippen molar-refractivity contribution < 1.29 is 9.47 Å². The van der Waals surface area contributed by atoms with Gasteiger partial charge >= 0.3 is 0 Å². The molecule has 3 nitrogen and oxygen atoms in total. The molecule has 0 amide bonds. The Kier molecular flexibility index (Phi) is 3.37. The quantitative estimate of drug-likeness (QED) is 0.843. The van der Waals surface area contributed by atoms with Crippen molar-refractivity contribution in [3.8, 4) is 0 Å². The van der Waals surface area contributed by atoms with E-state index in [1.165, 1.54) is 22.3 Å². The topological polar surface area (TPSA) is 30.5 Å². The molecule has 2 aliphatic rings. The highest BCUT2D eigenvalue weighted by molar-refractivity contribution is 5.38. The molecule has 3 heteroatoms. The normalized spacial score (nSPS) is 25.9. The fraction of sp³-hybridized carbons (Fsp3) is 0.625. The summed E-state index contributed by atoms with van der Waals surface area (Å²) in [6, 6.07) is 4.42. The van der Waals surface area contributed by atoms with E-state index in [-0.39, 0.29) is 11.9 Å². The monoisotopic (exact) mass is 261 g/mol. The van der Waals surface area contributed by atoms with E-state index in [1.54, 1.807) is 0 Å². The molecule has 2 aliphatic heterocycles. The maximum absolute atomic E-state index is 6.32. The summed E-state index contributed by atoms with van der Waals surface area (Å²) in [6.45, 7) is 9.22. The van der Waals surface area contributed by atoms with Gasteiger partial charge in [-0.25, -0.2) is 0 Å². The summed E-state index contributed by atoms with van der Waals surface area (Å²) >= 11 is 0. The Balaban J connectivity index is 1.85. The average Bonchev–Trinajstić information content (AvgIpc) is 2.72. The number of hydrogen-bond donors (Lipinski definition) is 1. The van der Waals surface area contributed by atoms with Gasteiger partial charge in [-0.05, 0) is 57.8 Å². The molecule has 1 N–H and O–H groups in total. The van der Waals surface area contributed by atoms with Crippen molar-refractivity contribution in [2.24, 2.45) is 0 Å². The van der Waals surface area contributed by atoms with Crippen LogP contribution < -0.4 is 5.32 Å². The number of piperidine rings is 1. The molecule has 0 saturated carbocycles. The smallest absolute Gasteiger partial charge is 0.185 e. The Bertz CT molecular complexity index is 455. The van der Waals surface area contributed by atoms with Crippen LogP contribution in [-0.2, 0) is 9.47 Å². The lowest BCUT2D eigenvalue weighted by Gasteiger charge is -2.32. The van der Waals surface area contributed by atoms with Crippen molar-refractivity contribution in [2.75, 3.05) is 19.7 Å². The van der Waals surface area contributed by atoms with Gasteiger partial charge in [0.25, 0.3) is 0 Å². The summed E-state index contributed by atoms with van der Waals surface area (Å²) in [6.07, 6.45) is 1.92. The van der Waals surface area contributed by atoms with Gasteiger partial charge < -0.3 is 14.8 Å². The van der Waals surface area contributed by atoms with Gasteiger partial charge in [-0.2, -0.15) is 0 Å². The SMILES string of the molecule is Cc1cc(C)c(C2OCC3(CCNCC3)O2)c(C)c1. The van der Waals surface area contributed by atoms with Crippen LogP contribution in [0.2, 0.25) is 0 Å². The van der Waals surface area contributed by atoms with Crippen molar-refractivity contribution in [1.82, 2.24) is 5.32 Å². The van der Waals surface area contributed by atoms with Crippen LogP contribution in [-0.4, -0.2) is 25.3 Å². The van der Waals surface area contributed by atoms with Crippen LogP contribution >= 0.6 is 0 Å². The van der Waals surface area contributed by atoms with E-state index in [4.69, 9.17) is 9.47 Å². The van der Waals surface area contributed by atoms with Crippen LogP contribution in [0.3, 0.4) is 0 Å². The van der Waals surface area contributed by atoms with Crippen molar-refractivity contribution in [1.29, 1.82) is 0 Å². The van der Waals surface area contributed by atoms with Gasteiger partial charge in [-0.1, -0.05) is 17.7 Å². The highest BCUT2D eigenvalue weighted by Gasteiger charge is 2.43. The molecule has 2 fully saturated rings. The molecule has 0 aromatic heterocycles. The number of hydrogen-bond acceptors (Lipinski definition) is 3. The first-order valence-corrected chi connectivity index (χ1v) is 7.18. The van der Waals surface area contributed by atoms with Crippen molar-refractivity contribution in [2.45, 2.75) is 45.5 Å². The minimum atomic E-state index is -0.182. The molecule has 3 rings (SSSR count). The van der Waals surface area contributed by atoms with E-state index >= 15 is 0 Å². The molecule has 0 aliphatic carbocycles. The van der Waals surface area contributed by atoms with Gasteiger partial charge in [0, 0.05) is 5.56 Å². The Labute approximate surface area is 115 Å². The standard InChI is InChI=1S/C16H23NO2/c1-11-8-12(2)14(13(3)9-11)15-18-10-16(19-15)4-6-17-7-5-16/h8-9,15,17H,4-7,10H2,1-3H3. The van der Waals surface area contributed by atoms with Gasteiger partial charge in [-0.15, -0.1) is 0 Å². The van der Waals surface area contributed by atoms with Crippen molar-refractivity contribution in [3.05, 3.63) is 34.4 Å². The first-order chi connectivity index (χ1) is 9.10. The third kappa shape index (κ3) is 2.42. The third-order valence-corrected chi connectivity index (χ3v) is 4.34. The molecule has 104 valence electrons. The van der Waals surface area contributed by atoms with E-state index in [9.17, 15) is 0 Å². The number of aryl methyl sites for hydroxylation is 3. The van der Waals surface area contributed by atoms with E-state index in [0.29, 0.717) is 0 Å². The molecular weight excluding hydrogens is 238 g/mol. The first-order valence-electron chi connectivity index (χ1n) is 7.18. The van der Waals surface area contributed by atoms with E-state index < -0.39 is 0 Å². The van der Waals surface area contributed by atoms with Crippen LogP contribution in [0.1, 0.15) is 41.4 Å². The molecule has 19 heavy (non-hydrogen) atoms. The van der Waals surface area contributed by atoms with E-state index in [2.05, 4.69) is 38.2 Å². The number of rotatable bonds is 1. The molecule has 2 saturated heterocycles. The summed E-state index contributed by atoms with van der Waals surface area (Å²) in [4.78, 5) is 0. The number of benzene rings is 1. The second-order valence-corrected chi connectivity index (χ2v) is 6.01. The Morgan fingerprint density at radius 2 is 1.74 bits per heavy atom. The molecule has 1 unspecified atom stereocenters. The Morgan fingerprint density at radius 1 is 1.11 bits per heavy atom. The Hall–Kier alpha value is -0.900. The molecule has 0 bridgehead atoms. The highest BCUT2D eigenvalue weighted by atomic mass is 16.7. The first kappa shape index (κ1) is 13.1. The van der Waals surface area contributed by atoms with Crippen LogP contribution in [0.25, 0.3) is 0 Å². The fourth-order valence-electron chi connectivity index (χ4n) is 3.37.